The number of hydrogen-bond acceptors (Lipinski definition) is 6. The van der Waals surface area contributed by atoms with Crippen molar-refractivity contribution < 1.29 is 28.7 Å². The van der Waals surface area contributed by atoms with E-state index in [0.29, 0.717) is 32.7 Å². The van der Waals surface area contributed by atoms with Gasteiger partial charge in [-0.3, -0.25) is 14.0 Å². The van der Waals surface area contributed by atoms with Gasteiger partial charge in [0.2, 0.25) is 0 Å². The molecule has 0 aromatic carbocycles. The normalized spacial score (nSPS) is 24.5. The van der Waals surface area contributed by atoms with Crippen molar-refractivity contribution in [3.05, 3.63) is 0 Å². The first-order valence-corrected chi connectivity index (χ1v) is 10.7. The monoisotopic (exact) mass is 360 g/mol. The van der Waals surface area contributed by atoms with Gasteiger partial charge in [0, 0.05) is 51.9 Å². The van der Waals surface area contributed by atoms with Crippen molar-refractivity contribution >= 4 is 15.2 Å². The quantitative estimate of drug-likeness (QED) is 0.274. The van der Waals surface area contributed by atoms with Crippen LogP contribution in [0, 0.1) is 0 Å². The SMILES string of the molecule is O=P(O)(O)CC1CNCCNCCNCCN1CP(=O)(O)O. The first kappa shape index (κ1) is 20.2. The average Bonchev–Trinajstić information content (AvgIpc) is 2.33. The summed E-state index contributed by atoms with van der Waals surface area (Å²) in [5.74, 6) is 0. The highest BCUT2D eigenvalue weighted by Crippen LogP contribution is 2.39. The minimum atomic E-state index is -4.31. The zero-order valence-electron chi connectivity index (χ0n) is 12.4. The van der Waals surface area contributed by atoms with Gasteiger partial charge in [0.15, 0.2) is 0 Å². The molecule has 0 amide bonds. The largest absolute Gasteiger partial charge is 0.339 e. The second kappa shape index (κ2) is 9.44. The van der Waals surface area contributed by atoms with E-state index in [9.17, 15) is 28.7 Å². The minimum absolute atomic E-state index is 0.257. The van der Waals surface area contributed by atoms with Crippen molar-refractivity contribution in [1.29, 1.82) is 0 Å². The fourth-order valence-electron chi connectivity index (χ4n) is 2.28. The molecule has 1 aliphatic rings. The number of nitrogens with zero attached hydrogens (tertiary/aromatic N) is 1. The Morgan fingerprint density at radius 3 is 1.95 bits per heavy atom. The van der Waals surface area contributed by atoms with Gasteiger partial charge in [-0.05, 0) is 0 Å². The summed E-state index contributed by atoms with van der Waals surface area (Å²) in [6.07, 6.45) is -0.952. The molecule has 10 nitrogen and oxygen atoms in total. The van der Waals surface area contributed by atoms with E-state index in [2.05, 4.69) is 16.0 Å². The molecule has 1 atom stereocenters. The Labute approximate surface area is 130 Å². The lowest BCUT2D eigenvalue weighted by atomic mass is 10.3. The third kappa shape index (κ3) is 10.0. The highest BCUT2D eigenvalue weighted by molar-refractivity contribution is 7.52. The smallest absolute Gasteiger partial charge is 0.324 e. The maximum atomic E-state index is 11.3. The zero-order valence-corrected chi connectivity index (χ0v) is 14.2. The lowest BCUT2D eigenvalue weighted by Gasteiger charge is -2.32. The van der Waals surface area contributed by atoms with Crippen molar-refractivity contribution in [1.82, 2.24) is 20.9 Å². The Kier molecular flexibility index (Phi) is 8.66. The first-order valence-electron chi connectivity index (χ1n) is 7.13. The third-order valence-corrected chi connectivity index (χ3v) is 4.87. The van der Waals surface area contributed by atoms with Gasteiger partial charge in [0.05, 0.1) is 6.16 Å². The molecule has 0 bridgehead atoms. The molecule has 0 spiro atoms. The highest BCUT2D eigenvalue weighted by atomic mass is 31.2. The molecular weight excluding hydrogens is 334 g/mol. The molecule has 132 valence electrons. The highest BCUT2D eigenvalue weighted by Gasteiger charge is 2.30. The molecule has 0 aliphatic carbocycles. The van der Waals surface area contributed by atoms with Gasteiger partial charge in [-0.2, -0.15) is 0 Å². The summed E-state index contributed by atoms with van der Waals surface area (Å²) in [6, 6.07) is -0.644. The van der Waals surface area contributed by atoms with Crippen molar-refractivity contribution in [2.24, 2.45) is 0 Å². The molecule has 0 aromatic rings. The molecule has 1 aliphatic heterocycles. The van der Waals surface area contributed by atoms with Crippen LogP contribution in [0.2, 0.25) is 0 Å². The summed E-state index contributed by atoms with van der Waals surface area (Å²) in [7, 11) is -8.60. The lowest BCUT2D eigenvalue weighted by Crippen LogP contribution is -2.49. The summed E-state index contributed by atoms with van der Waals surface area (Å²) < 4.78 is 22.6. The summed E-state index contributed by atoms with van der Waals surface area (Å²) in [5, 5.41) is 9.40. The van der Waals surface area contributed by atoms with Crippen LogP contribution in [0.15, 0.2) is 0 Å². The fourth-order valence-corrected chi connectivity index (χ4v) is 4.04. The molecule has 12 heteroatoms. The maximum Gasteiger partial charge on any atom is 0.339 e. The zero-order chi connectivity index (χ0) is 16.6. The molecule has 0 aromatic heterocycles. The van der Waals surface area contributed by atoms with Crippen molar-refractivity contribution in [2.75, 3.05) is 58.3 Å². The van der Waals surface area contributed by atoms with Crippen LogP contribution in [-0.2, 0) is 9.13 Å². The van der Waals surface area contributed by atoms with Crippen molar-refractivity contribution in [3.8, 4) is 0 Å². The van der Waals surface area contributed by atoms with E-state index in [4.69, 9.17) is 0 Å². The molecule has 7 N–H and O–H groups in total. The third-order valence-electron chi connectivity index (χ3n) is 3.24. The lowest BCUT2D eigenvalue weighted by molar-refractivity contribution is 0.210. The number of hydrogen-bond donors (Lipinski definition) is 7. The number of nitrogens with one attached hydrogen (secondary N) is 3. The molecule has 22 heavy (non-hydrogen) atoms. The van der Waals surface area contributed by atoms with Crippen LogP contribution in [0.5, 0.6) is 0 Å². The van der Waals surface area contributed by atoms with Gasteiger partial charge in [-0.1, -0.05) is 0 Å². The fraction of sp³-hybridized carbons (Fsp3) is 1.00. The number of rotatable bonds is 4. The van der Waals surface area contributed by atoms with E-state index in [1.165, 1.54) is 4.90 Å². The van der Waals surface area contributed by atoms with Crippen LogP contribution < -0.4 is 16.0 Å². The maximum absolute atomic E-state index is 11.3. The van der Waals surface area contributed by atoms with E-state index in [0.717, 1.165) is 6.54 Å². The minimum Gasteiger partial charge on any atom is -0.324 e. The molecule has 1 heterocycles. The Morgan fingerprint density at radius 1 is 0.864 bits per heavy atom. The molecule has 1 rings (SSSR count). The Morgan fingerprint density at radius 2 is 1.41 bits per heavy atom. The van der Waals surface area contributed by atoms with E-state index in [-0.39, 0.29) is 6.54 Å². The van der Waals surface area contributed by atoms with E-state index < -0.39 is 33.7 Å². The average molecular weight is 360 g/mol. The second-order valence-corrected chi connectivity index (χ2v) is 8.63. The van der Waals surface area contributed by atoms with E-state index in [1.54, 1.807) is 0 Å². The van der Waals surface area contributed by atoms with Crippen LogP contribution in [0.4, 0.5) is 0 Å². The predicted octanol–water partition coefficient (Wildman–Crippen LogP) is -2.25. The Hall–Kier alpha value is 0.140. The van der Waals surface area contributed by atoms with Gasteiger partial charge in [-0.15, -0.1) is 0 Å². The Bertz CT molecular complexity index is 376. The van der Waals surface area contributed by atoms with Crippen LogP contribution in [0.1, 0.15) is 0 Å². The molecule has 0 saturated carbocycles. The van der Waals surface area contributed by atoms with Crippen LogP contribution in [0.25, 0.3) is 0 Å². The van der Waals surface area contributed by atoms with Gasteiger partial charge in [0.25, 0.3) is 0 Å². The standard InChI is InChI=1S/C10H26N4O6P2/c15-21(16,17)8-10-7-13-4-3-11-1-2-12-5-6-14(10)9-22(18,19)20/h10-13H,1-9H2,(H2,15,16,17)(H2,18,19,20). The molecule has 0 radical (unpaired) electrons. The van der Waals surface area contributed by atoms with Gasteiger partial charge < -0.3 is 35.5 Å². The van der Waals surface area contributed by atoms with E-state index in [1.807, 2.05) is 0 Å². The van der Waals surface area contributed by atoms with Crippen molar-refractivity contribution in [3.63, 3.8) is 0 Å². The summed E-state index contributed by atoms with van der Waals surface area (Å²) in [5.41, 5.74) is 0. The summed E-state index contributed by atoms with van der Waals surface area (Å²) >= 11 is 0. The van der Waals surface area contributed by atoms with Crippen LogP contribution >= 0.6 is 15.2 Å². The van der Waals surface area contributed by atoms with Crippen LogP contribution in [-0.4, -0.2) is 88.8 Å². The molecule has 1 fully saturated rings. The molecule has 1 unspecified atom stereocenters. The molecular formula is C10H26N4O6P2. The summed E-state index contributed by atoms with van der Waals surface area (Å²) in [6.45, 7) is 3.87. The van der Waals surface area contributed by atoms with Crippen molar-refractivity contribution in [2.45, 2.75) is 6.04 Å². The summed E-state index contributed by atoms with van der Waals surface area (Å²) in [4.78, 5) is 38.3. The van der Waals surface area contributed by atoms with E-state index >= 15 is 0 Å². The molecule has 1 saturated heterocycles. The second-order valence-electron chi connectivity index (χ2n) is 5.32. The van der Waals surface area contributed by atoms with Gasteiger partial charge >= 0.3 is 15.2 Å². The Balaban J connectivity index is 2.79. The first-order chi connectivity index (χ1) is 10.2. The predicted molar refractivity (Wildman–Crippen MR) is 82.9 cm³/mol. The van der Waals surface area contributed by atoms with Gasteiger partial charge in [-0.25, -0.2) is 0 Å². The topological polar surface area (TPSA) is 154 Å². The van der Waals surface area contributed by atoms with Gasteiger partial charge in [0.1, 0.15) is 6.29 Å². The van der Waals surface area contributed by atoms with Crippen LogP contribution in [0.3, 0.4) is 0 Å².